The minimum absolute atomic E-state index is 0.283. The normalized spacial score (nSPS) is 10.3. The molecule has 116 valence electrons. The summed E-state index contributed by atoms with van der Waals surface area (Å²) in [5, 5.41) is 6.96. The maximum atomic E-state index is 12.9. The van der Waals surface area contributed by atoms with Crippen molar-refractivity contribution in [1.29, 1.82) is 0 Å². The van der Waals surface area contributed by atoms with Crippen LogP contribution in [-0.2, 0) is 6.54 Å². The van der Waals surface area contributed by atoms with E-state index in [2.05, 4.69) is 20.6 Å². The Hall–Kier alpha value is -2.66. The van der Waals surface area contributed by atoms with E-state index in [-0.39, 0.29) is 5.82 Å². The first-order chi connectivity index (χ1) is 11.2. The van der Waals surface area contributed by atoms with Gasteiger partial charge >= 0.3 is 0 Å². The lowest BCUT2D eigenvalue weighted by atomic mass is 10.2. The largest absolute Gasteiger partial charge is 0.366 e. The molecule has 0 amide bonds. The number of nitrogens with zero attached hydrogens (tertiary/aromatic N) is 2. The quantitative estimate of drug-likeness (QED) is 0.717. The lowest BCUT2D eigenvalue weighted by molar-refractivity contribution is 0.628. The molecule has 0 saturated carbocycles. The van der Waals surface area contributed by atoms with Crippen LogP contribution in [0.3, 0.4) is 0 Å². The molecule has 6 heteroatoms. The van der Waals surface area contributed by atoms with Crippen LogP contribution in [0.4, 0.5) is 21.8 Å². The van der Waals surface area contributed by atoms with Crippen molar-refractivity contribution in [2.45, 2.75) is 6.54 Å². The molecule has 0 atom stereocenters. The van der Waals surface area contributed by atoms with Crippen LogP contribution in [0.25, 0.3) is 0 Å². The maximum Gasteiger partial charge on any atom is 0.229 e. The molecule has 0 bridgehead atoms. The molecule has 0 unspecified atom stereocenters. The highest BCUT2D eigenvalue weighted by atomic mass is 35.5. The highest BCUT2D eigenvalue weighted by Gasteiger charge is 2.01. The van der Waals surface area contributed by atoms with Crippen LogP contribution >= 0.6 is 11.6 Å². The highest BCUT2D eigenvalue weighted by Crippen LogP contribution is 2.15. The van der Waals surface area contributed by atoms with Crippen molar-refractivity contribution in [2.75, 3.05) is 10.6 Å². The van der Waals surface area contributed by atoms with Crippen LogP contribution in [0, 0.1) is 5.82 Å². The van der Waals surface area contributed by atoms with Crippen molar-refractivity contribution in [3.63, 3.8) is 0 Å². The summed E-state index contributed by atoms with van der Waals surface area (Å²) in [6.45, 7) is 0.629. The van der Waals surface area contributed by atoms with Gasteiger partial charge in [-0.05, 0) is 48.0 Å². The van der Waals surface area contributed by atoms with Crippen LogP contribution in [-0.4, -0.2) is 9.97 Å². The Kier molecular flexibility index (Phi) is 4.68. The fourth-order valence-corrected chi connectivity index (χ4v) is 2.10. The van der Waals surface area contributed by atoms with Gasteiger partial charge in [-0.2, -0.15) is 4.98 Å². The molecule has 1 heterocycles. The molecule has 0 spiro atoms. The maximum absolute atomic E-state index is 12.9. The van der Waals surface area contributed by atoms with Gasteiger partial charge in [0.15, 0.2) is 0 Å². The zero-order valence-electron chi connectivity index (χ0n) is 12.1. The van der Waals surface area contributed by atoms with Crippen LogP contribution < -0.4 is 10.6 Å². The number of nitrogens with one attached hydrogen (secondary N) is 2. The number of aromatic nitrogens is 2. The fourth-order valence-electron chi connectivity index (χ4n) is 1.97. The Labute approximate surface area is 138 Å². The molecule has 3 aromatic rings. The average molecular weight is 329 g/mol. The van der Waals surface area contributed by atoms with Gasteiger partial charge in [0, 0.05) is 23.5 Å². The predicted octanol–water partition coefficient (Wildman–Crippen LogP) is 4.62. The molecule has 2 aromatic carbocycles. The summed E-state index contributed by atoms with van der Waals surface area (Å²) in [5.41, 5.74) is 1.82. The zero-order valence-corrected chi connectivity index (χ0v) is 12.9. The third-order valence-corrected chi connectivity index (χ3v) is 3.39. The summed E-state index contributed by atoms with van der Waals surface area (Å²) in [7, 11) is 0. The van der Waals surface area contributed by atoms with Gasteiger partial charge in [-0.25, -0.2) is 9.37 Å². The SMILES string of the molecule is Fc1ccc(Nc2nccc(NCc3ccc(Cl)cc3)n2)cc1. The van der Waals surface area contributed by atoms with E-state index in [9.17, 15) is 4.39 Å². The zero-order chi connectivity index (χ0) is 16.1. The van der Waals surface area contributed by atoms with Crippen LogP contribution in [0.2, 0.25) is 5.02 Å². The highest BCUT2D eigenvalue weighted by molar-refractivity contribution is 6.30. The second-order valence-corrected chi connectivity index (χ2v) is 5.31. The van der Waals surface area contributed by atoms with E-state index in [1.54, 1.807) is 24.4 Å². The van der Waals surface area contributed by atoms with Crippen molar-refractivity contribution in [1.82, 2.24) is 9.97 Å². The standard InChI is InChI=1S/C17H14ClFN4/c18-13-3-1-12(2-4-13)11-21-16-9-10-20-17(23-16)22-15-7-5-14(19)6-8-15/h1-10H,11H2,(H2,20,21,22,23). The molecular formula is C17H14ClFN4. The van der Waals surface area contributed by atoms with E-state index in [4.69, 9.17) is 11.6 Å². The van der Waals surface area contributed by atoms with Crippen LogP contribution in [0.5, 0.6) is 0 Å². The fraction of sp³-hybridized carbons (Fsp3) is 0.0588. The molecule has 3 rings (SSSR count). The Bertz CT molecular complexity index is 775. The Balaban J connectivity index is 1.65. The third-order valence-electron chi connectivity index (χ3n) is 3.14. The Morgan fingerprint density at radius 3 is 2.43 bits per heavy atom. The van der Waals surface area contributed by atoms with Crippen LogP contribution in [0.15, 0.2) is 60.8 Å². The number of hydrogen-bond acceptors (Lipinski definition) is 4. The van der Waals surface area contributed by atoms with Crippen molar-refractivity contribution in [2.24, 2.45) is 0 Å². The Morgan fingerprint density at radius 2 is 1.70 bits per heavy atom. The van der Waals surface area contributed by atoms with Gasteiger partial charge in [-0.3, -0.25) is 0 Å². The lowest BCUT2D eigenvalue weighted by Gasteiger charge is -2.08. The molecule has 0 aliphatic heterocycles. The molecule has 23 heavy (non-hydrogen) atoms. The monoisotopic (exact) mass is 328 g/mol. The van der Waals surface area contributed by atoms with E-state index in [1.807, 2.05) is 24.3 Å². The van der Waals surface area contributed by atoms with Gasteiger partial charge in [-0.1, -0.05) is 23.7 Å². The molecule has 0 aliphatic carbocycles. The van der Waals surface area contributed by atoms with Crippen molar-refractivity contribution >= 4 is 29.1 Å². The average Bonchev–Trinajstić information content (AvgIpc) is 2.57. The minimum atomic E-state index is -0.283. The molecule has 1 aromatic heterocycles. The molecule has 0 fully saturated rings. The first-order valence-electron chi connectivity index (χ1n) is 7.03. The lowest BCUT2D eigenvalue weighted by Crippen LogP contribution is -2.04. The molecule has 4 nitrogen and oxygen atoms in total. The summed E-state index contributed by atoms with van der Waals surface area (Å²) in [4.78, 5) is 8.52. The first kappa shape index (κ1) is 15.2. The van der Waals surface area contributed by atoms with Crippen molar-refractivity contribution in [3.05, 3.63) is 77.2 Å². The van der Waals surface area contributed by atoms with Crippen molar-refractivity contribution in [3.8, 4) is 0 Å². The summed E-state index contributed by atoms with van der Waals surface area (Å²) < 4.78 is 12.9. The summed E-state index contributed by atoms with van der Waals surface area (Å²) in [5.74, 6) is 0.854. The number of anilines is 3. The van der Waals surface area contributed by atoms with Gasteiger partial charge in [-0.15, -0.1) is 0 Å². The molecule has 2 N–H and O–H groups in total. The topological polar surface area (TPSA) is 49.8 Å². The van der Waals surface area contributed by atoms with Crippen LogP contribution in [0.1, 0.15) is 5.56 Å². The molecule has 0 saturated heterocycles. The number of halogens is 2. The second-order valence-electron chi connectivity index (χ2n) is 4.88. The van der Waals surface area contributed by atoms with E-state index in [1.165, 1.54) is 12.1 Å². The minimum Gasteiger partial charge on any atom is -0.366 e. The van der Waals surface area contributed by atoms with Crippen molar-refractivity contribution < 1.29 is 4.39 Å². The Morgan fingerprint density at radius 1 is 0.957 bits per heavy atom. The summed E-state index contributed by atoms with van der Waals surface area (Å²) in [6.07, 6.45) is 1.66. The number of rotatable bonds is 5. The van der Waals surface area contributed by atoms with Gasteiger partial charge in [0.2, 0.25) is 5.95 Å². The number of benzene rings is 2. The van der Waals surface area contributed by atoms with Gasteiger partial charge in [0.25, 0.3) is 0 Å². The summed E-state index contributed by atoms with van der Waals surface area (Å²) >= 11 is 5.86. The third kappa shape index (κ3) is 4.40. The number of hydrogen-bond donors (Lipinski definition) is 2. The second kappa shape index (κ2) is 7.07. The van der Waals surface area contributed by atoms with Gasteiger partial charge in [0.05, 0.1) is 0 Å². The van der Waals surface area contributed by atoms with E-state index in [0.717, 1.165) is 11.3 Å². The molecule has 0 radical (unpaired) electrons. The van der Waals surface area contributed by atoms with Gasteiger partial charge < -0.3 is 10.6 Å². The van der Waals surface area contributed by atoms with E-state index in [0.29, 0.717) is 23.3 Å². The molecule has 0 aliphatic rings. The first-order valence-corrected chi connectivity index (χ1v) is 7.41. The summed E-state index contributed by atoms with van der Waals surface area (Å²) in [6, 6.07) is 15.4. The van der Waals surface area contributed by atoms with Gasteiger partial charge in [0.1, 0.15) is 11.6 Å². The molecular weight excluding hydrogens is 315 g/mol. The smallest absolute Gasteiger partial charge is 0.229 e. The predicted molar refractivity (Wildman–Crippen MR) is 90.5 cm³/mol. The van der Waals surface area contributed by atoms with E-state index < -0.39 is 0 Å². The van der Waals surface area contributed by atoms with E-state index >= 15 is 0 Å².